The van der Waals surface area contributed by atoms with E-state index >= 15 is 0 Å². The van der Waals surface area contributed by atoms with Crippen molar-refractivity contribution in [3.8, 4) is 28.3 Å². The van der Waals surface area contributed by atoms with Crippen molar-refractivity contribution in [1.29, 1.82) is 0 Å². The van der Waals surface area contributed by atoms with Crippen LogP contribution in [0, 0.1) is 0 Å². The van der Waals surface area contributed by atoms with E-state index in [9.17, 15) is 4.79 Å². The molecule has 7 heteroatoms. The zero-order valence-electron chi connectivity index (χ0n) is 16.7. The van der Waals surface area contributed by atoms with Gasteiger partial charge in [-0.3, -0.25) is 9.89 Å². The Labute approximate surface area is 190 Å². The fourth-order valence-corrected chi connectivity index (χ4v) is 3.65. The number of nitrogens with zero attached hydrogens (tertiary/aromatic N) is 1. The number of amides is 1. The predicted octanol–water partition coefficient (Wildman–Crippen LogP) is 5.99. The molecular formula is C24H19Cl2N3O2. The molecule has 1 amide bonds. The molecule has 0 saturated carbocycles. The van der Waals surface area contributed by atoms with Crippen LogP contribution in [0.15, 0.2) is 72.8 Å². The number of benzene rings is 3. The first kappa shape index (κ1) is 21.0. The maximum Gasteiger partial charge on any atom is 0.251 e. The molecule has 4 aromatic rings. The lowest BCUT2D eigenvalue weighted by Gasteiger charge is -2.07. The number of halogens is 2. The van der Waals surface area contributed by atoms with Crippen LogP contribution in [0.25, 0.3) is 22.5 Å². The molecule has 4 rings (SSSR count). The molecule has 156 valence electrons. The number of rotatable bonds is 6. The number of ether oxygens (including phenoxy) is 1. The summed E-state index contributed by atoms with van der Waals surface area (Å²) in [4.78, 5) is 12.5. The van der Waals surface area contributed by atoms with E-state index in [2.05, 4.69) is 15.5 Å². The molecule has 5 nitrogen and oxygen atoms in total. The molecule has 31 heavy (non-hydrogen) atoms. The number of methoxy groups -OCH3 is 1. The lowest BCUT2D eigenvalue weighted by atomic mass is 10.1. The van der Waals surface area contributed by atoms with Gasteiger partial charge in [0.2, 0.25) is 0 Å². The van der Waals surface area contributed by atoms with Crippen molar-refractivity contribution < 1.29 is 9.53 Å². The molecule has 0 aliphatic rings. The van der Waals surface area contributed by atoms with Crippen molar-refractivity contribution in [1.82, 2.24) is 15.5 Å². The third kappa shape index (κ3) is 4.90. The van der Waals surface area contributed by atoms with E-state index in [-0.39, 0.29) is 5.91 Å². The zero-order chi connectivity index (χ0) is 21.8. The topological polar surface area (TPSA) is 67.0 Å². The summed E-state index contributed by atoms with van der Waals surface area (Å²) >= 11 is 12.2. The number of carbonyl (C=O) groups is 1. The van der Waals surface area contributed by atoms with Gasteiger partial charge in [-0.25, -0.2) is 0 Å². The molecule has 0 unspecified atom stereocenters. The van der Waals surface area contributed by atoms with Crippen LogP contribution in [0.5, 0.6) is 5.75 Å². The van der Waals surface area contributed by atoms with E-state index in [1.807, 2.05) is 48.5 Å². The van der Waals surface area contributed by atoms with Crippen LogP contribution >= 0.6 is 23.2 Å². The number of hydrogen-bond acceptors (Lipinski definition) is 3. The molecule has 0 aliphatic heterocycles. The Morgan fingerprint density at radius 1 is 1.00 bits per heavy atom. The van der Waals surface area contributed by atoms with Gasteiger partial charge >= 0.3 is 0 Å². The minimum absolute atomic E-state index is 0.141. The first-order valence-corrected chi connectivity index (χ1v) is 10.3. The summed E-state index contributed by atoms with van der Waals surface area (Å²) in [6, 6.07) is 22.1. The largest absolute Gasteiger partial charge is 0.497 e. The third-order valence-corrected chi connectivity index (χ3v) is 5.40. The second-order valence-corrected chi connectivity index (χ2v) is 7.74. The molecule has 3 aromatic carbocycles. The molecule has 0 spiro atoms. The third-order valence-electron chi connectivity index (χ3n) is 4.85. The Kier molecular flexibility index (Phi) is 6.26. The van der Waals surface area contributed by atoms with Crippen LogP contribution in [-0.4, -0.2) is 23.2 Å². The summed E-state index contributed by atoms with van der Waals surface area (Å²) in [5.41, 5.74) is 4.83. The van der Waals surface area contributed by atoms with Gasteiger partial charge in [-0.2, -0.15) is 5.10 Å². The van der Waals surface area contributed by atoms with E-state index in [0.29, 0.717) is 22.2 Å². The normalized spacial score (nSPS) is 10.7. The Morgan fingerprint density at radius 2 is 1.74 bits per heavy atom. The van der Waals surface area contributed by atoms with Gasteiger partial charge < -0.3 is 10.1 Å². The van der Waals surface area contributed by atoms with Gasteiger partial charge in [-0.15, -0.1) is 0 Å². The Balaban J connectivity index is 1.43. The van der Waals surface area contributed by atoms with Gasteiger partial charge in [0, 0.05) is 28.3 Å². The highest BCUT2D eigenvalue weighted by atomic mass is 35.5. The van der Waals surface area contributed by atoms with Crippen LogP contribution in [0.3, 0.4) is 0 Å². The molecule has 2 N–H and O–H groups in total. The van der Waals surface area contributed by atoms with Crippen molar-refractivity contribution >= 4 is 29.1 Å². The maximum atomic E-state index is 12.5. The maximum absolute atomic E-state index is 12.5. The second-order valence-electron chi connectivity index (χ2n) is 6.90. The molecule has 0 atom stereocenters. The average molecular weight is 452 g/mol. The summed E-state index contributed by atoms with van der Waals surface area (Å²) in [7, 11) is 1.62. The van der Waals surface area contributed by atoms with Crippen LogP contribution in [0.1, 0.15) is 15.9 Å². The van der Waals surface area contributed by atoms with Gasteiger partial charge in [0.1, 0.15) is 5.75 Å². The molecule has 0 radical (unpaired) electrons. The van der Waals surface area contributed by atoms with Crippen LogP contribution in [-0.2, 0) is 6.54 Å². The van der Waals surface area contributed by atoms with E-state index in [4.69, 9.17) is 27.9 Å². The molecular weight excluding hydrogens is 433 g/mol. The minimum atomic E-state index is -0.141. The monoisotopic (exact) mass is 451 g/mol. The fourth-order valence-electron chi connectivity index (χ4n) is 3.14. The van der Waals surface area contributed by atoms with E-state index in [1.165, 1.54) is 0 Å². The van der Waals surface area contributed by atoms with Crippen molar-refractivity contribution in [3.05, 3.63) is 94.0 Å². The predicted molar refractivity (Wildman–Crippen MR) is 124 cm³/mol. The summed E-state index contributed by atoms with van der Waals surface area (Å²) in [6.45, 7) is 0.440. The Morgan fingerprint density at radius 3 is 2.42 bits per heavy atom. The molecule has 1 aromatic heterocycles. The minimum Gasteiger partial charge on any atom is -0.497 e. The average Bonchev–Trinajstić information content (AvgIpc) is 3.28. The lowest BCUT2D eigenvalue weighted by Crippen LogP contribution is -2.22. The number of aromatic nitrogens is 2. The summed E-state index contributed by atoms with van der Waals surface area (Å²) in [5, 5.41) is 11.4. The molecule has 1 heterocycles. The van der Waals surface area contributed by atoms with Crippen molar-refractivity contribution in [2.24, 2.45) is 0 Å². The fraction of sp³-hybridized carbons (Fsp3) is 0.0833. The first-order valence-electron chi connectivity index (χ1n) is 9.56. The SMILES string of the molecule is COc1ccc(CNC(=O)c2ccc(-c3cc(-c4ccc(Cl)cc4Cl)[nH]n3)cc2)cc1. The van der Waals surface area contributed by atoms with E-state index < -0.39 is 0 Å². The number of hydrogen-bond donors (Lipinski definition) is 2. The van der Waals surface area contributed by atoms with Gasteiger partial charge in [0.25, 0.3) is 5.91 Å². The van der Waals surface area contributed by atoms with Crippen LogP contribution < -0.4 is 10.1 Å². The molecule has 0 fully saturated rings. The molecule has 0 bridgehead atoms. The highest BCUT2D eigenvalue weighted by molar-refractivity contribution is 6.36. The second kappa shape index (κ2) is 9.25. The standard InChI is InChI=1S/C24H19Cl2N3O2/c1-31-19-9-2-15(3-10-19)14-27-24(30)17-6-4-16(5-7-17)22-13-23(29-28-22)20-11-8-18(25)12-21(20)26/h2-13H,14H2,1H3,(H,27,30)(H,28,29). The quantitative estimate of drug-likeness (QED) is 0.378. The smallest absolute Gasteiger partial charge is 0.251 e. The van der Waals surface area contributed by atoms with Gasteiger partial charge in [-0.05, 0) is 54.1 Å². The van der Waals surface area contributed by atoms with Crippen molar-refractivity contribution in [2.45, 2.75) is 6.54 Å². The highest BCUT2D eigenvalue weighted by Crippen LogP contribution is 2.31. The first-order chi connectivity index (χ1) is 15.0. The summed E-state index contributed by atoms with van der Waals surface area (Å²) in [5.74, 6) is 0.642. The highest BCUT2D eigenvalue weighted by Gasteiger charge is 2.11. The van der Waals surface area contributed by atoms with Gasteiger partial charge in [-0.1, -0.05) is 47.5 Å². The van der Waals surface area contributed by atoms with Crippen LogP contribution in [0.4, 0.5) is 0 Å². The van der Waals surface area contributed by atoms with Gasteiger partial charge in [0.15, 0.2) is 0 Å². The van der Waals surface area contributed by atoms with Crippen LogP contribution in [0.2, 0.25) is 10.0 Å². The summed E-state index contributed by atoms with van der Waals surface area (Å²) < 4.78 is 5.14. The van der Waals surface area contributed by atoms with Crippen molar-refractivity contribution in [2.75, 3.05) is 7.11 Å². The summed E-state index contributed by atoms with van der Waals surface area (Å²) in [6.07, 6.45) is 0. The Hall–Kier alpha value is -3.28. The van der Waals surface area contributed by atoms with E-state index in [1.54, 1.807) is 31.4 Å². The number of carbonyl (C=O) groups excluding carboxylic acids is 1. The van der Waals surface area contributed by atoms with Crippen molar-refractivity contribution in [3.63, 3.8) is 0 Å². The lowest BCUT2D eigenvalue weighted by molar-refractivity contribution is 0.0951. The van der Waals surface area contributed by atoms with E-state index in [0.717, 1.165) is 33.8 Å². The number of H-pyrrole nitrogens is 1. The number of nitrogens with one attached hydrogen (secondary N) is 2. The number of aromatic amines is 1. The molecule has 0 aliphatic carbocycles. The Bertz CT molecular complexity index is 1200. The zero-order valence-corrected chi connectivity index (χ0v) is 18.2. The van der Waals surface area contributed by atoms with Gasteiger partial charge in [0.05, 0.1) is 23.5 Å². The molecule has 0 saturated heterocycles.